The van der Waals surface area contributed by atoms with E-state index < -0.39 is 40.3 Å². The van der Waals surface area contributed by atoms with Gasteiger partial charge in [0.15, 0.2) is 17.5 Å². The molecule has 5 rings (SSSR count). The molecule has 1 amide bonds. The lowest BCUT2D eigenvalue weighted by Crippen LogP contribution is -2.33. The quantitative estimate of drug-likeness (QED) is 0.312. The van der Waals surface area contributed by atoms with Crippen LogP contribution < -0.4 is 15.0 Å². The molecule has 184 valence electrons. The summed E-state index contributed by atoms with van der Waals surface area (Å²) in [5.41, 5.74) is 0.109. The van der Waals surface area contributed by atoms with Crippen LogP contribution in [0.5, 0.6) is 5.75 Å². The molecule has 3 heterocycles. The third-order valence-electron chi connectivity index (χ3n) is 6.03. The van der Waals surface area contributed by atoms with Crippen LogP contribution in [-0.2, 0) is 0 Å². The Kier molecular flexibility index (Phi) is 5.95. The fraction of sp³-hybridized carbons (Fsp3) is 0.192. The van der Waals surface area contributed by atoms with Gasteiger partial charge in [-0.2, -0.15) is 0 Å². The summed E-state index contributed by atoms with van der Waals surface area (Å²) in [6.07, 6.45) is 2.58. The first kappa shape index (κ1) is 23.5. The molecule has 1 aliphatic heterocycles. The number of halogens is 4. The average Bonchev–Trinajstić information content (AvgIpc) is 2.85. The summed E-state index contributed by atoms with van der Waals surface area (Å²) in [6, 6.07) is 8.14. The van der Waals surface area contributed by atoms with Gasteiger partial charge in [0.1, 0.15) is 22.6 Å². The smallest absolute Gasteiger partial charge is 0.255 e. The molecule has 0 fully saturated rings. The van der Waals surface area contributed by atoms with Gasteiger partial charge < -0.3 is 15.0 Å². The Bertz CT molecular complexity index is 1510. The summed E-state index contributed by atoms with van der Waals surface area (Å²) in [4.78, 5) is 23.3. The first-order valence-corrected chi connectivity index (χ1v) is 11.1. The number of rotatable bonds is 4. The zero-order valence-corrected chi connectivity index (χ0v) is 19.3. The second-order valence-electron chi connectivity index (χ2n) is 8.54. The molecule has 10 heteroatoms. The van der Waals surface area contributed by atoms with E-state index in [2.05, 4.69) is 15.3 Å². The normalized spacial score (nSPS) is 14.8. The van der Waals surface area contributed by atoms with Gasteiger partial charge in [0.05, 0.1) is 35.7 Å². The fourth-order valence-electron chi connectivity index (χ4n) is 4.44. The van der Waals surface area contributed by atoms with Crippen molar-refractivity contribution in [1.82, 2.24) is 15.3 Å². The van der Waals surface area contributed by atoms with Crippen LogP contribution in [0.3, 0.4) is 0 Å². The van der Waals surface area contributed by atoms with Gasteiger partial charge in [-0.3, -0.25) is 9.78 Å². The van der Waals surface area contributed by atoms with Crippen LogP contribution in [0.15, 0.2) is 48.8 Å². The topological polar surface area (TPSA) is 67.4 Å². The highest BCUT2D eigenvalue weighted by molar-refractivity contribution is 6.08. The lowest BCUT2D eigenvalue weighted by Gasteiger charge is -2.27. The molecule has 0 saturated carbocycles. The minimum atomic E-state index is -1.46. The number of nitrogens with one attached hydrogen (secondary N) is 1. The van der Waals surface area contributed by atoms with Crippen LogP contribution in [-0.4, -0.2) is 36.6 Å². The van der Waals surface area contributed by atoms with E-state index in [9.17, 15) is 22.4 Å². The maximum absolute atomic E-state index is 14.9. The van der Waals surface area contributed by atoms with Gasteiger partial charge in [-0.1, -0.05) is 18.2 Å². The second kappa shape index (κ2) is 9.10. The summed E-state index contributed by atoms with van der Waals surface area (Å²) >= 11 is 0. The van der Waals surface area contributed by atoms with E-state index >= 15 is 0 Å². The predicted octanol–water partition coefficient (Wildman–Crippen LogP) is 5.17. The lowest BCUT2D eigenvalue weighted by atomic mass is 9.99. The maximum atomic E-state index is 14.9. The van der Waals surface area contributed by atoms with Crippen LogP contribution in [0.1, 0.15) is 28.4 Å². The molecule has 0 bridgehead atoms. The first-order valence-electron chi connectivity index (χ1n) is 11.1. The average molecular weight is 496 g/mol. The van der Waals surface area contributed by atoms with Gasteiger partial charge in [0.25, 0.3) is 5.91 Å². The van der Waals surface area contributed by atoms with Crippen molar-refractivity contribution >= 4 is 22.6 Å². The molecule has 0 radical (unpaired) electrons. The number of para-hydroxylation sites is 1. The Morgan fingerprint density at radius 1 is 1.03 bits per heavy atom. The SMILES string of the molecule is CN(C)c1c(C(=O)N[C@H]2CCOc3ccccc32)cnc2c(-c3cc(F)cc(F)c3F)c(F)cnc12. The number of fused-ring (bicyclic) bond motifs is 2. The van der Waals surface area contributed by atoms with Crippen molar-refractivity contribution in [2.45, 2.75) is 12.5 Å². The molecule has 36 heavy (non-hydrogen) atoms. The van der Waals surface area contributed by atoms with Crippen molar-refractivity contribution in [2.24, 2.45) is 0 Å². The summed E-state index contributed by atoms with van der Waals surface area (Å²) in [7, 11) is 3.31. The van der Waals surface area contributed by atoms with Crippen molar-refractivity contribution in [3.8, 4) is 16.9 Å². The highest BCUT2D eigenvalue weighted by Gasteiger charge is 2.27. The predicted molar refractivity (Wildman–Crippen MR) is 126 cm³/mol. The third-order valence-corrected chi connectivity index (χ3v) is 6.03. The van der Waals surface area contributed by atoms with E-state index in [-0.39, 0.29) is 28.3 Å². The largest absolute Gasteiger partial charge is 0.493 e. The van der Waals surface area contributed by atoms with Gasteiger partial charge >= 0.3 is 0 Å². The van der Waals surface area contributed by atoms with Crippen molar-refractivity contribution in [3.63, 3.8) is 0 Å². The van der Waals surface area contributed by atoms with Crippen LogP contribution in [0.2, 0.25) is 0 Å². The molecular weight excluding hydrogens is 476 g/mol. The summed E-state index contributed by atoms with van der Waals surface area (Å²) in [5, 5.41) is 2.99. The first-order chi connectivity index (χ1) is 17.3. The van der Waals surface area contributed by atoms with E-state index in [4.69, 9.17) is 4.74 Å². The Morgan fingerprint density at radius 3 is 2.56 bits per heavy atom. The second-order valence-corrected chi connectivity index (χ2v) is 8.54. The van der Waals surface area contributed by atoms with E-state index in [0.717, 1.165) is 11.8 Å². The molecule has 1 atom stereocenters. The number of aromatic nitrogens is 2. The molecular formula is C26H20F4N4O2. The molecule has 1 aliphatic rings. The van der Waals surface area contributed by atoms with Crippen molar-refractivity contribution in [1.29, 1.82) is 0 Å². The van der Waals surface area contributed by atoms with Crippen LogP contribution >= 0.6 is 0 Å². The van der Waals surface area contributed by atoms with Crippen LogP contribution in [0.4, 0.5) is 23.2 Å². The number of hydrogen-bond donors (Lipinski definition) is 1. The highest BCUT2D eigenvalue weighted by Crippen LogP contribution is 2.37. The van der Waals surface area contributed by atoms with Gasteiger partial charge in [-0.15, -0.1) is 0 Å². The number of pyridine rings is 2. The number of ether oxygens (including phenoxy) is 1. The molecule has 0 saturated heterocycles. The summed E-state index contributed by atoms with van der Waals surface area (Å²) in [6.45, 7) is 0.429. The molecule has 6 nitrogen and oxygen atoms in total. The fourth-order valence-corrected chi connectivity index (χ4v) is 4.44. The van der Waals surface area contributed by atoms with Crippen molar-refractivity contribution in [2.75, 3.05) is 25.6 Å². The van der Waals surface area contributed by atoms with Crippen molar-refractivity contribution in [3.05, 3.63) is 83.2 Å². The van der Waals surface area contributed by atoms with E-state index in [1.54, 1.807) is 19.0 Å². The third kappa shape index (κ3) is 3.98. The molecule has 2 aromatic carbocycles. The Morgan fingerprint density at radius 2 is 1.78 bits per heavy atom. The molecule has 0 unspecified atom stereocenters. The van der Waals surface area contributed by atoms with E-state index in [1.807, 2.05) is 24.3 Å². The number of anilines is 1. The molecule has 0 spiro atoms. The molecule has 4 aromatic rings. The van der Waals surface area contributed by atoms with Gasteiger partial charge in [0, 0.05) is 43.9 Å². The van der Waals surface area contributed by atoms with Crippen LogP contribution in [0, 0.1) is 23.3 Å². The minimum absolute atomic E-state index is 0.0699. The van der Waals surface area contributed by atoms with Gasteiger partial charge in [-0.05, 0) is 12.1 Å². The number of nitrogens with zero attached hydrogens (tertiary/aromatic N) is 3. The van der Waals surface area contributed by atoms with Gasteiger partial charge in [-0.25, -0.2) is 22.5 Å². The van der Waals surface area contributed by atoms with Crippen LogP contribution in [0.25, 0.3) is 22.2 Å². The summed E-state index contributed by atoms with van der Waals surface area (Å²) < 4.78 is 62.9. The summed E-state index contributed by atoms with van der Waals surface area (Å²) in [5.74, 6) is -4.74. The van der Waals surface area contributed by atoms with E-state index in [0.29, 0.717) is 30.9 Å². The Labute approximate surface area is 203 Å². The Balaban J connectivity index is 1.63. The number of amides is 1. The maximum Gasteiger partial charge on any atom is 0.255 e. The van der Waals surface area contributed by atoms with Gasteiger partial charge in [0.2, 0.25) is 0 Å². The minimum Gasteiger partial charge on any atom is -0.493 e. The zero-order valence-electron chi connectivity index (χ0n) is 19.3. The number of carbonyl (C=O) groups is 1. The number of carbonyl (C=O) groups excluding carboxylic acids is 1. The lowest BCUT2D eigenvalue weighted by molar-refractivity contribution is 0.0925. The van der Waals surface area contributed by atoms with Crippen molar-refractivity contribution < 1.29 is 27.1 Å². The molecule has 2 aromatic heterocycles. The standard InChI is InChI=1S/C26H20F4N4O2/c1-34(2)25-16(26(35)33-19-7-8-36-20-6-4-3-5-14(19)20)11-31-23-21(18(29)12-32-24(23)25)15-9-13(27)10-17(28)22(15)30/h3-6,9-12,19H,7-8H2,1-2H3,(H,33,35)/t19-/m0/s1. The van der Waals surface area contributed by atoms with E-state index in [1.165, 1.54) is 6.20 Å². The number of benzene rings is 2. The number of hydrogen-bond acceptors (Lipinski definition) is 5. The monoisotopic (exact) mass is 496 g/mol. The molecule has 0 aliphatic carbocycles. The zero-order chi connectivity index (χ0) is 25.6. The Hall–Kier alpha value is -4.21. The molecule has 1 N–H and O–H groups in total. The highest BCUT2D eigenvalue weighted by atomic mass is 19.2.